The summed E-state index contributed by atoms with van der Waals surface area (Å²) in [5, 5.41) is 5.02. The highest BCUT2D eigenvalue weighted by molar-refractivity contribution is 7.91. The summed E-state index contributed by atoms with van der Waals surface area (Å²) in [7, 11) is -3.65. The summed E-state index contributed by atoms with van der Waals surface area (Å²) in [4.78, 5) is 28.7. The van der Waals surface area contributed by atoms with Crippen molar-refractivity contribution in [3.05, 3.63) is 83.9 Å². The maximum absolute atomic E-state index is 13.7. The van der Waals surface area contributed by atoms with Crippen LogP contribution in [0, 0.1) is 12.7 Å². The summed E-state index contributed by atoms with van der Waals surface area (Å²) in [6.45, 7) is 1.84. The van der Waals surface area contributed by atoms with Gasteiger partial charge in [0.25, 0.3) is 5.91 Å². The summed E-state index contributed by atoms with van der Waals surface area (Å²) in [6, 6.07) is 14.6. The Hall–Kier alpha value is -3.59. The number of carbonyl (C=O) groups excluding carboxylic acids is 2. The van der Waals surface area contributed by atoms with E-state index in [-0.39, 0.29) is 28.4 Å². The lowest BCUT2D eigenvalue weighted by atomic mass is 10.2. The Bertz CT molecular complexity index is 1200. The molecule has 1 aromatic heterocycles. The van der Waals surface area contributed by atoms with Crippen molar-refractivity contribution in [2.45, 2.75) is 18.2 Å². The SMILES string of the molecule is Cc1ccc(S(=O)(=O)CCC(=O)Nc2cc(F)ccc2NC(=O)c2ccccn2)cc1. The highest BCUT2D eigenvalue weighted by Crippen LogP contribution is 2.24. The maximum Gasteiger partial charge on any atom is 0.274 e. The van der Waals surface area contributed by atoms with Crippen LogP contribution in [0.1, 0.15) is 22.5 Å². The van der Waals surface area contributed by atoms with E-state index in [1.165, 1.54) is 30.5 Å². The predicted octanol–water partition coefficient (Wildman–Crippen LogP) is 3.58. The van der Waals surface area contributed by atoms with E-state index in [2.05, 4.69) is 15.6 Å². The molecular weight excluding hydrogens is 421 g/mol. The van der Waals surface area contributed by atoms with Gasteiger partial charge in [-0.1, -0.05) is 23.8 Å². The van der Waals surface area contributed by atoms with Gasteiger partial charge < -0.3 is 10.6 Å². The van der Waals surface area contributed by atoms with Gasteiger partial charge in [0.05, 0.1) is 22.0 Å². The fraction of sp³-hybridized carbons (Fsp3) is 0.136. The number of amides is 2. The topological polar surface area (TPSA) is 105 Å². The molecule has 0 fully saturated rings. The number of aromatic nitrogens is 1. The number of pyridine rings is 1. The van der Waals surface area contributed by atoms with Crippen LogP contribution in [0.4, 0.5) is 15.8 Å². The Balaban J connectivity index is 1.69. The summed E-state index contributed by atoms with van der Waals surface area (Å²) >= 11 is 0. The van der Waals surface area contributed by atoms with Crippen LogP contribution in [0.2, 0.25) is 0 Å². The second kappa shape index (κ2) is 9.48. The van der Waals surface area contributed by atoms with Crippen LogP contribution in [0.5, 0.6) is 0 Å². The second-order valence-corrected chi connectivity index (χ2v) is 8.90. The lowest BCUT2D eigenvalue weighted by molar-refractivity contribution is -0.115. The van der Waals surface area contributed by atoms with Crippen molar-refractivity contribution in [1.82, 2.24) is 4.98 Å². The number of hydrogen-bond acceptors (Lipinski definition) is 5. The van der Waals surface area contributed by atoms with E-state index in [1.54, 1.807) is 24.3 Å². The van der Waals surface area contributed by atoms with E-state index in [9.17, 15) is 22.4 Å². The molecule has 31 heavy (non-hydrogen) atoms. The van der Waals surface area contributed by atoms with Gasteiger partial charge >= 0.3 is 0 Å². The number of sulfone groups is 1. The third-order valence-corrected chi connectivity index (χ3v) is 6.11. The molecule has 0 unspecified atom stereocenters. The van der Waals surface area contributed by atoms with Crippen molar-refractivity contribution in [3.63, 3.8) is 0 Å². The van der Waals surface area contributed by atoms with Gasteiger partial charge in [-0.15, -0.1) is 0 Å². The van der Waals surface area contributed by atoms with Gasteiger partial charge in [-0.2, -0.15) is 0 Å². The number of nitrogens with one attached hydrogen (secondary N) is 2. The molecule has 160 valence electrons. The molecule has 7 nitrogen and oxygen atoms in total. The Morgan fingerprint density at radius 2 is 1.71 bits per heavy atom. The zero-order valence-electron chi connectivity index (χ0n) is 16.6. The van der Waals surface area contributed by atoms with E-state index >= 15 is 0 Å². The molecule has 0 radical (unpaired) electrons. The number of hydrogen-bond donors (Lipinski definition) is 2. The minimum atomic E-state index is -3.65. The van der Waals surface area contributed by atoms with E-state index < -0.39 is 33.2 Å². The molecule has 2 amide bonds. The van der Waals surface area contributed by atoms with Gasteiger partial charge in [0.1, 0.15) is 11.5 Å². The fourth-order valence-electron chi connectivity index (χ4n) is 2.72. The van der Waals surface area contributed by atoms with E-state index in [4.69, 9.17) is 0 Å². The highest BCUT2D eigenvalue weighted by Gasteiger charge is 2.18. The van der Waals surface area contributed by atoms with Crippen molar-refractivity contribution in [3.8, 4) is 0 Å². The van der Waals surface area contributed by atoms with E-state index in [1.807, 2.05) is 6.92 Å². The average Bonchev–Trinajstić information content (AvgIpc) is 2.75. The lowest BCUT2D eigenvalue weighted by Gasteiger charge is -2.12. The minimum absolute atomic E-state index is 0.0158. The van der Waals surface area contributed by atoms with Crippen LogP contribution in [0.15, 0.2) is 71.8 Å². The fourth-order valence-corrected chi connectivity index (χ4v) is 3.96. The van der Waals surface area contributed by atoms with Gasteiger partial charge in [0.15, 0.2) is 9.84 Å². The molecule has 0 atom stereocenters. The smallest absolute Gasteiger partial charge is 0.274 e. The monoisotopic (exact) mass is 441 g/mol. The third-order valence-electron chi connectivity index (χ3n) is 4.38. The Morgan fingerprint density at radius 3 is 2.39 bits per heavy atom. The average molecular weight is 441 g/mol. The van der Waals surface area contributed by atoms with Crippen LogP contribution in [0.25, 0.3) is 0 Å². The molecule has 9 heteroatoms. The zero-order chi connectivity index (χ0) is 22.4. The van der Waals surface area contributed by atoms with Gasteiger partial charge in [0, 0.05) is 12.6 Å². The van der Waals surface area contributed by atoms with Gasteiger partial charge in [-0.25, -0.2) is 12.8 Å². The van der Waals surface area contributed by atoms with Crippen molar-refractivity contribution < 1.29 is 22.4 Å². The Morgan fingerprint density at radius 1 is 0.968 bits per heavy atom. The molecule has 2 aromatic carbocycles. The second-order valence-electron chi connectivity index (χ2n) is 6.79. The molecule has 3 rings (SSSR count). The molecule has 0 aliphatic rings. The molecule has 0 spiro atoms. The van der Waals surface area contributed by atoms with Crippen molar-refractivity contribution >= 4 is 33.0 Å². The summed E-state index contributed by atoms with van der Waals surface area (Å²) in [6.07, 6.45) is 1.12. The summed E-state index contributed by atoms with van der Waals surface area (Å²) in [5.74, 6) is -2.20. The first-order valence-electron chi connectivity index (χ1n) is 9.36. The largest absolute Gasteiger partial charge is 0.324 e. The quantitative estimate of drug-likeness (QED) is 0.583. The number of rotatable bonds is 7. The molecule has 0 saturated carbocycles. The number of anilines is 2. The minimum Gasteiger partial charge on any atom is -0.324 e. The lowest BCUT2D eigenvalue weighted by Crippen LogP contribution is -2.20. The molecular formula is C22H20FN3O4S. The third kappa shape index (κ3) is 5.95. The molecule has 0 saturated heterocycles. The zero-order valence-corrected chi connectivity index (χ0v) is 17.4. The summed E-state index contributed by atoms with van der Waals surface area (Å²) in [5.41, 5.74) is 1.24. The van der Waals surface area contributed by atoms with Gasteiger partial charge in [-0.05, 0) is 49.4 Å². The van der Waals surface area contributed by atoms with Crippen molar-refractivity contribution in [1.29, 1.82) is 0 Å². The molecule has 0 bridgehead atoms. The molecule has 0 aliphatic carbocycles. The number of benzene rings is 2. The molecule has 2 N–H and O–H groups in total. The maximum atomic E-state index is 13.7. The standard InChI is InChI=1S/C22H20FN3O4S/c1-15-5-8-17(9-6-15)31(29,30)13-11-21(27)25-20-14-16(23)7-10-18(20)26-22(28)19-4-2-3-12-24-19/h2-10,12,14H,11,13H2,1H3,(H,25,27)(H,26,28). The number of carbonyl (C=O) groups is 2. The molecule has 0 aliphatic heterocycles. The molecule has 3 aromatic rings. The van der Waals surface area contributed by atoms with Gasteiger partial charge in [0.2, 0.25) is 5.91 Å². The Kier molecular flexibility index (Phi) is 6.76. The van der Waals surface area contributed by atoms with E-state index in [0.717, 1.165) is 17.7 Å². The van der Waals surface area contributed by atoms with Crippen LogP contribution in [-0.4, -0.2) is 31.0 Å². The molecule has 1 heterocycles. The van der Waals surface area contributed by atoms with Crippen molar-refractivity contribution in [2.24, 2.45) is 0 Å². The van der Waals surface area contributed by atoms with Gasteiger partial charge in [-0.3, -0.25) is 14.6 Å². The highest BCUT2D eigenvalue weighted by atomic mass is 32.2. The van der Waals surface area contributed by atoms with Crippen LogP contribution >= 0.6 is 0 Å². The van der Waals surface area contributed by atoms with Crippen LogP contribution < -0.4 is 10.6 Å². The first-order chi connectivity index (χ1) is 14.7. The number of halogens is 1. The van der Waals surface area contributed by atoms with Crippen LogP contribution in [0.3, 0.4) is 0 Å². The normalized spacial score (nSPS) is 11.0. The first kappa shape index (κ1) is 22.1. The first-order valence-corrected chi connectivity index (χ1v) is 11.0. The summed E-state index contributed by atoms with van der Waals surface area (Å²) < 4.78 is 38.6. The Labute approximate surface area is 179 Å². The predicted molar refractivity (Wildman–Crippen MR) is 115 cm³/mol. The number of nitrogens with zero attached hydrogens (tertiary/aromatic N) is 1. The van der Waals surface area contributed by atoms with Crippen LogP contribution in [-0.2, 0) is 14.6 Å². The van der Waals surface area contributed by atoms with E-state index in [0.29, 0.717) is 0 Å². The van der Waals surface area contributed by atoms with Crippen molar-refractivity contribution in [2.75, 3.05) is 16.4 Å². The number of aryl methyl sites for hydroxylation is 1.